The molecule has 3 nitrogen and oxygen atoms in total. The lowest BCUT2D eigenvalue weighted by Crippen LogP contribution is -2.35. The molecule has 0 aromatic carbocycles. The topological polar surface area (TPSA) is 43.7 Å². The van der Waals surface area contributed by atoms with Crippen molar-refractivity contribution in [3.05, 3.63) is 0 Å². The highest BCUT2D eigenvalue weighted by atomic mass is 16.3. The van der Waals surface area contributed by atoms with Crippen LogP contribution in [0.25, 0.3) is 0 Å². The van der Waals surface area contributed by atoms with Gasteiger partial charge < -0.3 is 15.1 Å². The van der Waals surface area contributed by atoms with Gasteiger partial charge in [0.05, 0.1) is 12.7 Å². The van der Waals surface area contributed by atoms with Gasteiger partial charge in [-0.1, -0.05) is 13.3 Å². The van der Waals surface area contributed by atoms with Crippen molar-refractivity contribution in [1.29, 1.82) is 0 Å². The van der Waals surface area contributed by atoms with Crippen LogP contribution < -0.4 is 0 Å². The Labute approximate surface area is 86.7 Å². The first-order chi connectivity index (χ1) is 6.77. The van der Waals surface area contributed by atoms with Gasteiger partial charge in [0.2, 0.25) is 0 Å². The van der Waals surface area contributed by atoms with E-state index in [1.54, 1.807) is 0 Å². The Morgan fingerprint density at radius 2 is 2.07 bits per heavy atom. The van der Waals surface area contributed by atoms with Crippen molar-refractivity contribution >= 4 is 0 Å². The van der Waals surface area contributed by atoms with Crippen molar-refractivity contribution < 1.29 is 10.2 Å². The summed E-state index contributed by atoms with van der Waals surface area (Å²) in [5.41, 5.74) is 0. The van der Waals surface area contributed by atoms with Gasteiger partial charge in [-0.25, -0.2) is 0 Å². The molecule has 0 heterocycles. The van der Waals surface area contributed by atoms with E-state index in [1.165, 1.54) is 0 Å². The van der Waals surface area contributed by atoms with Gasteiger partial charge in [0.1, 0.15) is 0 Å². The third-order valence-electron chi connectivity index (χ3n) is 3.07. The normalized spacial score (nSPS) is 27.4. The number of aliphatic hydroxyl groups excluding tert-OH is 2. The van der Waals surface area contributed by atoms with Crippen LogP contribution in [0.5, 0.6) is 0 Å². The third-order valence-corrected chi connectivity index (χ3v) is 3.07. The average molecular weight is 201 g/mol. The van der Waals surface area contributed by atoms with Crippen LogP contribution in [0.3, 0.4) is 0 Å². The first kappa shape index (κ1) is 12.0. The second kappa shape index (κ2) is 6.38. The highest BCUT2D eigenvalue weighted by Gasteiger charge is 2.26. The van der Waals surface area contributed by atoms with E-state index in [0.717, 1.165) is 45.3 Å². The molecular weight excluding hydrogens is 178 g/mol. The van der Waals surface area contributed by atoms with Crippen LogP contribution in [0.2, 0.25) is 0 Å². The SMILES string of the molecule is CCCN(CCO)CC1CCCC1O. The fraction of sp³-hybridized carbons (Fsp3) is 1.00. The van der Waals surface area contributed by atoms with E-state index in [9.17, 15) is 5.11 Å². The summed E-state index contributed by atoms with van der Waals surface area (Å²) in [7, 11) is 0. The number of nitrogens with zero attached hydrogens (tertiary/aromatic N) is 1. The van der Waals surface area contributed by atoms with E-state index in [-0.39, 0.29) is 12.7 Å². The zero-order valence-corrected chi connectivity index (χ0v) is 9.15. The Hall–Kier alpha value is -0.120. The minimum atomic E-state index is -0.104. The van der Waals surface area contributed by atoms with Crippen LogP contribution in [0.4, 0.5) is 0 Å². The van der Waals surface area contributed by atoms with Crippen LogP contribution in [0.1, 0.15) is 32.6 Å². The Morgan fingerprint density at radius 1 is 1.29 bits per heavy atom. The molecule has 1 aliphatic carbocycles. The van der Waals surface area contributed by atoms with Gasteiger partial charge in [0.15, 0.2) is 0 Å². The Bertz CT molecular complexity index is 146. The molecule has 2 unspecified atom stereocenters. The second-order valence-electron chi connectivity index (χ2n) is 4.28. The van der Waals surface area contributed by atoms with Crippen LogP contribution in [-0.4, -0.2) is 47.5 Å². The van der Waals surface area contributed by atoms with Gasteiger partial charge in [-0.05, 0) is 31.7 Å². The van der Waals surface area contributed by atoms with E-state index in [2.05, 4.69) is 11.8 Å². The molecule has 0 aromatic rings. The summed E-state index contributed by atoms with van der Waals surface area (Å²) in [6, 6.07) is 0. The Balaban J connectivity index is 2.29. The summed E-state index contributed by atoms with van der Waals surface area (Å²) >= 11 is 0. The minimum Gasteiger partial charge on any atom is -0.395 e. The molecule has 0 aromatic heterocycles. The standard InChI is InChI=1S/C11H23NO2/c1-2-6-12(7-8-13)9-10-4-3-5-11(10)14/h10-11,13-14H,2-9H2,1H3. The van der Waals surface area contributed by atoms with Gasteiger partial charge in [0.25, 0.3) is 0 Å². The number of hydrogen-bond acceptors (Lipinski definition) is 3. The molecule has 1 fully saturated rings. The fourth-order valence-corrected chi connectivity index (χ4v) is 2.31. The van der Waals surface area contributed by atoms with E-state index in [4.69, 9.17) is 5.11 Å². The molecule has 0 aliphatic heterocycles. The Morgan fingerprint density at radius 3 is 2.57 bits per heavy atom. The summed E-state index contributed by atoms with van der Waals surface area (Å²) in [5.74, 6) is 0.438. The van der Waals surface area contributed by atoms with Gasteiger partial charge in [-0.15, -0.1) is 0 Å². The summed E-state index contributed by atoms with van der Waals surface area (Å²) in [5, 5.41) is 18.6. The summed E-state index contributed by atoms with van der Waals surface area (Å²) in [4.78, 5) is 2.26. The molecule has 2 N–H and O–H groups in total. The zero-order chi connectivity index (χ0) is 10.4. The van der Waals surface area contributed by atoms with Crippen LogP contribution in [-0.2, 0) is 0 Å². The lowest BCUT2D eigenvalue weighted by atomic mass is 10.1. The molecule has 84 valence electrons. The van der Waals surface area contributed by atoms with Crippen LogP contribution in [0, 0.1) is 5.92 Å². The molecule has 14 heavy (non-hydrogen) atoms. The summed E-state index contributed by atoms with van der Waals surface area (Å²) < 4.78 is 0. The highest BCUT2D eigenvalue weighted by Crippen LogP contribution is 2.26. The number of rotatable bonds is 6. The number of aliphatic hydroxyl groups is 2. The summed E-state index contributed by atoms with van der Waals surface area (Å²) in [6.45, 7) is 5.11. The van der Waals surface area contributed by atoms with Gasteiger partial charge in [0, 0.05) is 13.1 Å². The molecule has 1 rings (SSSR count). The van der Waals surface area contributed by atoms with Gasteiger partial charge in [-0.2, -0.15) is 0 Å². The molecule has 2 atom stereocenters. The van der Waals surface area contributed by atoms with Gasteiger partial charge in [-0.3, -0.25) is 0 Å². The fourth-order valence-electron chi connectivity index (χ4n) is 2.31. The maximum Gasteiger partial charge on any atom is 0.0580 e. The molecule has 0 bridgehead atoms. The van der Waals surface area contributed by atoms with Crippen LogP contribution in [0.15, 0.2) is 0 Å². The highest BCUT2D eigenvalue weighted by molar-refractivity contribution is 4.79. The molecular formula is C11H23NO2. The predicted molar refractivity (Wildman–Crippen MR) is 57.2 cm³/mol. The first-order valence-corrected chi connectivity index (χ1v) is 5.79. The molecule has 0 spiro atoms. The average Bonchev–Trinajstić information content (AvgIpc) is 2.53. The van der Waals surface area contributed by atoms with Crippen LogP contribution >= 0.6 is 0 Å². The number of hydrogen-bond donors (Lipinski definition) is 2. The lowest BCUT2D eigenvalue weighted by Gasteiger charge is -2.25. The minimum absolute atomic E-state index is 0.104. The van der Waals surface area contributed by atoms with Crippen molar-refractivity contribution in [3.8, 4) is 0 Å². The monoisotopic (exact) mass is 201 g/mol. The largest absolute Gasteiger partial charge is 0.395 e. The van der Waals surface area contributed by atoms with E-state index in [1.807, 2.05) is 0 Å². The van der Waals surface area contributed by atoms with Crippen molar-refractivity contribution in [3.63, 3.8) is 0 Å². The second-order valence-corrected chi connectivity index (χ2v) is 4.28. The third kappa shape index (κ3) is 3.56. The van der Waals surface area contributed by atoms with Crippen molar-refractivity contribution in [2.24, 2.45) is 5.92 Å². The maximum absolute atomic E-state index is 9.69. The lowest BCUT2D eigenvalue weighted by molar-refractivity contribution is 0.0939. The zero-order valence-electron chi connectivity index (χ0n) is 9.15. The van der Waals surface area contributed by atoms with E-state index in [0.29, 0.717) is 5.92 Å². The van der Waals surface area contributed by atoms with Crippen molar-refractivity contribution in [2.45, 2.75) is 38.7 Å². The molecule has 0 amide bonds. The van der Waals surface area contributed by atoms with Crippen molar-refractivity contribution in [1.82, 2.24) is 4.90 Å². The molecule has 0 radical (unpaired) electrons. The molecule has 0 saturated heterocycles. The molecule has 3 heteroatoms. The van der Waals surface area contributed by atoms with Crippen molar-refractivity contribution in [2.75, 3.05) is 26.2 Å². The molecule has 1 aliphatic rings. The molecule has 1 saturated carbocycles. The quantitative estimate of drug-likeness (QED) is 0.669. The Kier molecular flexibility index (Phi) is 5.45. The maximum atomic E-state index is 9.69. The van der Waals surface area contributed by atoms with E-state index >= 15 is 0 Å². The summed E-state index contributed by atoms with van der Waals surface area (Å²) in [6.07, 6.45) is 4.28. The smallest absolute Gasteiger partial charge is 0.0580 e. The van der Waals surface area contributed by atoms with Gasteiger partial charge >= 0.3 is 0 Å². The first-order valence-electron chi connectivity index (χ1n) is 5.79. The van der Waals surface area contributed by atoms with E-state index < -0.39 is 0 Å². The predicted octanol–water partition coefficient (Wildman–Crippen LogP) is 0.852.